The zero-order valence-corrected chi connectivity index (χ0v) is 13.0. The van der Waals surface area contributed by atoms with Crippen molar-refractivity contribution >= 4 is 45.2 Å². The zero-order valence-electron chi connectivity index (χ0n) is 9.80. The van der Waals surface area contributed by atoms with Gasteiger partial charge in [-0.1, -0.05) is 18.5 Å². The largest absolute Gasteiger partial charge is 0.349 e. The van der Waals surface area contributed by atoms with Crippen molar-refractivity contribution in [3.05, 3.63) is 33.3 Å². The van der Waals surface area contributed by atoms with Crippen LogP contribution in [0.2, 0.25) is 5.02 Å². The van der Waals surface area contributed by atoms with E-state index < -0.39 is 0 Å². The van der Waals surface area contributed by atoms with Crippen molar-refractivity contribution in [2.45, 2.75) is 19.9 Å². The molecule has 1 N–H and O–H groups in total. The molecule has 0 saturated carbocycles. The molecule has 0 aliphatic heterocycles. The lowest BCUT2D eigenvalue weighted by Crippen LogP contribution is -2.34. The van der Waals surface area contributed by atoms with E-state index in [1.54, 1.807) is 18.2 Å². The Morgan fingerprint density at radius 1 is 1.59 bits per heavy atom. The molecule has 0 aliphatic carbocycles. The summed E-state index contributed by atoms with van der Waals surface area (Å²) in [7, 11) is 0. The van der Waals surface area contributed by atoms with Crippen molar-refractivity contribution in [1.82, 2.24) is 5.32 Å². The minimum atomic E-state index is -0.0634. The Kier molecular flexibility index (Phi) is 6.38. The summed E-state index contributed by atoms with van der Waals surface area (Å²) in [5, 5.41) is 3.56. The van der Waals surface area contributed by atoms with Gasteiger partial charge in [0, 0.05) is 21.8 Å². The zero-order chi connectivity index (χ0) is 12.8. The van der Waals surface area contributed by atoms with Gasteiger partial charge in [0.25, 0.3) is 5.91 Å². The number of hydrogen-bond donors (Lipinski definition) is 1. The Labute approximate surface area is 120 Å². The van der Waals surface area contributed by atoms with E-state index in [0.717, 1.165) is 16.0 Å². The van der Waals surface area contributed by atoms with Gasteiger partial charge in [-0.15, -0.1) is 0 Å². The van der Waals surface area contributed by atoms with E-state index in [4.69, 9.17) is 11.6 Å². The lowest BCUT2D eigenvalue weighted by atomic mass is 10.2. The van der Waals surface area contributed by atoms with E-state index in [1.807, 2.05) is 18.7 Å². The van der Waals surface area contributed by atoms with Gasteiger partial charge >= 0.3 is 0 Å². The summed E-state index contributed by atoms with van der Waals surface area (Å²) in [6, 6.07) is 5.34. The van der Waals surface area contributed by atoms with Gasteiger partial charge in [0.15, 0.2) is 0 Å². The van der Waals surface area contributed by atoms with Crippen LogP contribution in [0.15, 0.2) is 22.7 Å². The van der Waals surface area contributed by atoms with Gasteiger partial charge < -0.3 is 5.32 Å². The first-order valence-corrected chi connectivity index (χ1v) is 7.70. The van der Waals surface area contributed by atoms with Gasteiger partial charge in [0.1, 0.15) is 0 Å². The van der Waals surface area contributed by atoms with Crippen molar-refractivity contribution < 1.29 is 4.79 Å². The third-order valence-electron chi connectivity index (χ3n) is 2.13. The van der Waals surface area contributed by atoms with Crippen LogP contribution in [-0.4, -0.2) is 23.5 Å². The van der Waals surface area contributed by atoms with Crippen molar-refractivity contribution in [2.24, 2.45) is 0 Å². The molecule has 0 radical (unpaired) electrons. The van der Waals surface area contributed by atoms with Gasteiger partial charge in [-0.2, -0.15) is 11.8 Å². The lowest BCUT2D eigenvalue weighted by Gasteiger charge is -2.13. The number of halogens is 2. The molecule has 1 atom stereocenters. The number of hydrogen-bond acceptors (Lipinski definition) is 2. The second-order valence-corrected chi connectivity index (χ2v) is 6.24. The number of amides is 1. The predicted octanol–water partition coefficient (Wildman–Crippen LogP) is 3.97. The molecule has 0 aromatic heterocycles. The summed E-state index contributed by atoms with van der Waals surface area (Å²) in [5.74, 6) is 1.93. The SMILES string of the molecule is CCSCC(C)NC(=O)c1ccc(Cl)c(Br)c1. The fraction of sp³-hybridized carbons (Fsp3) is 0.417. The molecule has 0 heterocycles. The molecular formula is C12H15BrClNOS. The molecule has 1 unspecified atom stereocenters. The van der Waals surface area contributed by atoms with Crippen LogP contribution in [0.3, 0.4) is 0 Å². The average molecular weight is 337 g/mol. The van der Waals surface area contributed by atoms with Crippen molar-refractivity contribution in [3.63, 3.8) is 0 Å². The van der Waals surface area contributed by atoms with Crippen LogP contribution in [0.4, 0.5) is 0 Å². The van der Waals surface area contributed by atoms with E-state index in [9.17, 15) is 4.79 Å². The van der Waals surface area contributed by atoms with E-state index in [0.29, 0.717) is 10.6 Å². The first kappa shape index (κ1) is 14.9. The van der Waals surface area contributed by atoms with E-state index in [-0.39, 0.29) is 11.9 Å². The quantitative estimate of drug-likeness (QED) is 0.881. The number of carbonyl (C=O) groups is 1. The molecule has 5 heteroatoms. The second kappa shape index (κ2) is 7.29. The predicted molar refractivity (Wildman–Crippen MR) is 79.1 cm³/mol. The Morgan fingerprint density at radius 3 is 2.88 bits per heavy atom. The molecule has 0 saturated heterocycles. The topological polar surface area (TPSA) is 29.1 Å². The number of carbonyl (C=O) groups excluding carboxylic acids is 1. The van der Waals surface area contributed by atoms with E-state index >= 15 is 0 Å². The van der Waals surface area contributed by atoms with Crippen LogP contribution >= 0.6 is 39.3 Å². The first-order chi connectivity index (χ1) is 8.04. The summed E-state index contributed by atoms with van der Waals surface area (Å²) in [6.07, 6.45) is 0. The molecule has 0 fully saturated rings. The third kappa shape index (κ3) is 4.90. The molecule has 1 aromatic rings. The second-order valence-electron chi connectivity index (χ2n) is 3.66. The Balaban J connectivity index is 2.60. The van der Waals surface area contributed by atoms with Crippen molar-refractivity contribution in [3.8, 4) is 0 Å². The number of nitrogens with one attached hydrogen (secondary N) is 1. The van der Waals surface area contributed by atoms with Crippen LogP contribution in [-0.2, 0) is 0 Å². The first-order valence-electron chi connectivity index (χ1n) is 5.38. The summed E-state index contributed by atoms with van der Waals surface area (Å²) < 4.78 is 0.738. The van der Waals surface area contributed by atoms with Crippen molar-refractivity contribution in [1.29, 1.82) is 0 Å². The van der Waals surface area contributed by atoms with Crippen molar-refractivity contribution in [2.75, 3.05) is 11.5 Å². The van der Waals surface area contributed by atoms with Crippen LogP contribution in [0, 0.1) is 0 Å². The highest BCUT2D eigenvalue weighted by Crippen LogP contribution is 2.23. The van der Waals surface area contributed by atoms with Gasteiger partial charge in [0.05, 0.1) is 5.02 Å². The maximum atomic E-state index is 11.9. The van der Waals surface area contributed by atoms with Gasteiger partial charge in [-0.3, -0.25) is 4.79 Å². The molecule has 1 rings (SSSR count). The minimum Gasteiger partial charge on any atom is -0.349 e. The molecular weight excluding hydrogens is 322 g/mol. The van der Waals surface area contributed by atoms with Crippen LogP contribution in [0.1, 0.15) is 24.2 Å². The summed E-state index contributed by atoms with van der Waals surface area (Å²) in [4.78, 5) is 11.9. The molecule has 1 aromatic carbocycles. The Hall–Kier alpha value is -0.190. The maximum absolute atomic E-state index is 11.9. The third-order valence-corrected chi connectivity index (χ3v) is 4.49. The van der Waals surface area contributed by atoms with Crippen LogP contribution in [0.5, 0.6) is 0 Å². The fourth-order valence-electron chi connectivity index (χ4n) is 1.28. The molecule has 0 bridgehead atoms. The van der Waals surface area contributed by atoms with E-state index in [2.05, 4.69) is 28.2 Å². The number of thioether (sulfide) groups is 1. The summed E-state index contributed by atoms with van der Waals surface area (Å²) in [6.45, 7) is 4.11. The van der Waals surface area contributed by atoms with Gasteiger partial charge in [-0.05, 0) is 46.8 Å². The highest BCUT2D eigenvalue weighted by atomic mass is 79.9. The average Bonchev–Trinajstić information content (AvgIpc) is 2.30. The molecule has 17 heavy (non-hydrogen) atoms. The smallest absolute Gasteiger partial charge is 0.251 e. The summed E-state index contributed by atoms with van der Waals surface area (Å²) in [5.41, 5.74) is 0.620. The molecule has 94 valence electrons. The monoisotopic (exact) mass is 335 g/mol. The highest BCUT2D eigenvalue weighted by Gasteiger charge is 2.10. The maximum Gasteiger partial charge on any atom is 0.251 e. The lowest BCUT2D eigenvalue weighted by molar-refractivity contribution is 0.0943. The van der Waals surface area contributed by atoms with E-state index in [1.165, 1.54) is 0 Å². The molecule has 0 spiro atoms. The fourth-order valence-corrected chi connectivity index (χ4v) is 2.45. The Bertz CT molecular complexity index is 400. The molecule has 1 amide bonds. The summed E-state index contributed by atoms with van der Waals surface area (Å²) >= 11 is 11.0. The van der Waals surface area contributed by atoms with Crippen LogP contribution < -0.4 is 5.32 Å². The minimum absolute atomic E-state index is 0.0634. The van der Waals surface area contributed by atoms with Gasteiger partial charge in [-0.25, -0.2) is 0 Å². The highest BCUT2D eigenvalue weighted by molar-refractivity contribution is 9.10. The number of benzene rings is 1. The number of rotatable bonds is 5. The van der Waals surface area contributed by atoms with Crippen LogP contribution in [0.25, 0.3) is 0 Å². The normalized spacial score (nSPS) is 12.2. The van der Waals surface area contributed by atoms with Gasteiger partial charge in [0.2, 0.25) is 0 Å². The molecule has 0 aliphatic rings. The Morgan fingerprint density at radius 2 is 2.29 bits per heavy atom. The molecule has 2 nitrogen and oxygen atoms in total. The standard InChI is InChI=1S/C12H15BrClNOS/c1-3-17-7-8(2)15-12(16)9-4-5-11(14)10(13)6-9/h4-6,8H,3,7H2,1-2H3,(H,15,16).